The number of carboxylic acids is 1. The molecule has 11 heteroatoms. The van der Waals surface area contributed by atoms with Crippen LogP contribution in [0.5, 0.6) is 17.6 Å². The van der Waals surface area contributed by atoms with Gasteiger partial charge in [-0.05, 0) is 62.8 Å². The van der Waals surface area contributed by atoms with Crippen molar-refractivity contribution in [2.45, 2.75) is 50.2 Å². The highest BCUT2D eigenvalue weighted by Crippen LogP contribution is 2.46. The van der Waals surface area contributed by atoms with Crippen LogP contribution in [0.4, 0.5) is 0 Å². The molecule has 218 valence electrons. The normalized spacial score (nSPS) is 28.1. The number of amides is 2. The number of hydrogen-bond donors (Lipinski definition) is 2. The highest BCUT2D eigenvalue weighted by Gasteiger charge is 2.61. The maximum absolute atomic E-state index is 13.6. The van der Waals surface area contributed by atoms with Crippen LogP contribution >= 0.6 is 0 Å². The molecular formula is C30H36N4O7. The Morgan fingerprint density at radius 3 is 2.54 bits per heavy atom. The van der Waals surface area contributed by atoms with Gasteiger partial charge in [0, 0.05) is 31.1 Å². The van der Waals surface area contributed by atoms with E-state index in [1.807, 2.05) is 36.4 Å². The summed E-state index contributed by atoms with van der Waals surface area (Å²) in [5, 5.41) is 12.8. The number of aromatic nitrogens is 2. The first kappa shape index (κ1) is 28.4. The highest BCUT2D eigenvalue weighted by atomic mass is 16.5. The van der Waals surface area contributed by atoms with Crippen LogP contribution in [0.2, 0.25) is 0 Å². The molecule has 0 bridgehead atoms. The lowest BCUT2D eigenvalue weighted by Gasteiger charge is -2.26. The summed E-state index contributed by atoms with van der Waals surface area (Å²) in [7, 11) is 4.81. The van der Waals surface area contributed by atoms with Crippen LogP contribution in [-0.2, 0) is 14.4 Å². The van der Waals surface area contributed by atoms with Crippen molar-refractivity contribution in [3.05, 3.63) is 42.5 Å². The largest absolute Gasteiger partial charge is 0.497 e. The third-order valence-electron chi connectivity index (χ3n) is 8.31. The van der Waals surface area contributed by atoms with Gasteiger partial charge < -0.3 is 29.5 Å². The number of allylic oxidation sites excluding steroid dienone is 1. The molecule has 2 aliphatic carbocycles. The second-order valence-electron chi connectivity index (χ2n) is 11.0. The average molecular weight is 565 g/mol. The number of benzene rings is 1. The molecule has 2 aromatic rings. The van der Waals surface area contributed by atoms with E-state index < -0.39 is 35.4 Å². The zero-order valence-electron chi connectivity index (χ0n) is 23.5. The molecule has 2 amide bonds. The molecule has 2 fully saturated rings. The quantitative estimate of drug-likeness (QED) is 0.507. The van der Waals surface area contributed by atoms with E-state index in [0.717, 1.165) is 24.8 Å². The number of ether oxygens (including phenoxy) is 3. The smallest absolute Gasteiger partial charge is 0.330 e. The minimum Gasteiger partial charge on any atom is -0.497 e. The molecule has 0 spiro atoms. The van der Waals surface area contributed by atoms with Gasteiger partial charge in [-0.2, -0.15) is 9.97 Å². The zero-order chi connectivity index (χ0) is 29.1. The van der Waals surface area contributed by atoms with Gasteiger partial charge in [0.2, 0.25) is 17.7 Å². The molecular weight excluding hydrogens is 528 g/mol. The van der Waals surface area contributed by atoms with Crippen LogP contribution in [0.3, 0.4) is 0 Å². The van der Waals surface area contributed by atoms with Crippen molar-refractivity contribution in [1.29, 1.82) is 0 Å². The van der Waals surface area contributed by atoms with Gasteiger partial charge in [0.05, 0.1) is 31.7 Å². The SMILES string of the molecule is COc1ccc(-c2cc(O[C@@H]3C[C@H]4C(=O)N[C@]5(C(=O)O)C[C@H]5C=CCCCCN(C)C(=O)[C@@H]4C3)nc(OC)n2)cc1. The molecule has 1 aromatic heterocycles. The van der Waals surface area contributed by atoms with Gasteiger partial charge in [-0.15, -0.1) is 0 Å². The fraction of sp³-hybridized carbons (Fsp3) is 0.500. The van der Waals surface area contributed by atoms with Crippen molar-refractivity contribution >= 4 is 17.8 Å². The standard InChI is InChI=1S/C30H36N4O7/c1-34-13-7-5-4-6-8-19-17-30(19,28(37)38)33-26(35)22-14-21(15-23(22)27(34)36)41-25-16-24(31-29(32-25)40-3)18-9-11-20(39-2)12-10-18/h6,8-12,16,19,21-23H,4-5,7,13-15,17H2,1-3H3,(H,33,35)(H,37,38)/t19-,21-,22-,23-,30-/m1/s1. The number of nitrogens with zero attached hydrogens (tertiary/aromatic N) is 3. The number of carboxylic acid groups (broad SMARTS) is 1. The first-order valence-electron chi connectivity index (χ1n) is 13.9. The fourth-order valence-corrected chi connectivity index (χ4v) is 5.83. The van der Waals surface area contributed by atoms with Gasteiger partial charge >= 0.3 is 12.0 Å². The summed E-state index contributed by atoms with van der Waals surface area (Å²) in [6.07, 6.45) is 6.77. The third-order valence-corrected chi connectivity index (χ3v) is 8.31. The second kappa shape index (κ2) is 11.8. The lowest BCUT2D eigenvalue weighted by Crippen LogP contribution is -2.49. The van der Waals surface area contributed by atoms with Crippen molar-refractivity contribution in [2.75, 3.05) is 27.8 Å². The maximum Gasteiger partial charge on any atom is 0.330 e. The number of aliphatic carboxylic acids is 1. The topological polar surface area (TPSA) is 140 Å². The van der Waals surface area contributed by atoms with Crippen LogP contribution in [0.25, 0.3) is 11.3 Å². The van der Waals surface area contributed by atoms with E-state index >= 15 is 0 Å². The minimum absolute atomic E-state index is 0.120. The first-order valence-corrected chi connectivity index (χ1v) is 13.9. The summed E-state index contributed by atoms with van der Waals surface area (Å²) in [5.74, 6) is -2.30. The Morgan fingerprint density at radius 1 is 1.07 bits per heavy atom. The summed E-state index contributed by atoms with van der Waals surface area (Å²) in [5.41, 5.74) is 0.0543. The first-order chi connectivity index (χ1) is 19.7. The summed E-state index contributed by atoms with van der Waals surface area (Å²) in [6.45, 7) is 0.583. The molecule has 41 heavy (non-hydrogen) atoms. The van der Waals surface area contributed by atoms with Gasteiger partial charge in [0.25, 0.3) is 0 Å². The monoisotopic (exact) mass is 564 g/mol. The summed E-state index contributed by atoms with van der Waals surface area (Å²) < 4.78 is 16.8. The molecule has 2 heterocycles. The molecule has 2 N–H and O–H groups in total. The summed E-state index contributed by atoms with van der Waals surface area (Å²) in [4.78, 5) is 49.8. The van der Waals surface area contributed by atoms with E-state index in [9.17, 15) is 19.5 Å². The molecule has 0 unspecified atom stereocenters. The van der Waals surface area contributed by atoms with Gasteiger partial charge in [0.15, 0.2) is 0 Å². The number of nitrogens with one attached hydrogen (secondary N) is 1. The van der Waals surface area contributed by atoms with E-state index in [-0.39, 0.29) is 30.1 Å². The summed E-state index contributed by atoms with van der Waals surface area (Å²) >= 11 is 0. The van der Waals surface area contributed by atoms with E-state index in [1.165, 1.54) is 7.11 Å². The van der Waals surface area contributed by atoms with Crippen LogP contribution in [0, 0.1) is 17.8 Å². The molecule has 11 nitrogen and oxygen atoms in total. The lowest BCUT2D eigenvalue weighted by molar-refractivity contribution is -0.145. The van der Waals surface area contributed by atoms with Gasteiger partial charge in [-0.1, -0.05) is 12.2 Å². The Labute approximate surface area is 238 Å². The van der Waals surface area contributed by atoms with Crippen molar-refractivity contribution < 1.29 is 33.7 Å². The molecule has 0 saturated heterocycles. The molecule has 0 radical (unpaired) electrons. The molecule has 5 rings (SSSR count). The lowest BCUT2D eigenvalue weighted by atomic mass is 9.93. The van der Waals surface area contributed by atoms with Gasteiger partial charge in [-0.3, -0.25) is 9.59 Å². The number of rotatable bonds is 6. The van der Waals surface area contributed by atoms with Gasteiger partial charge in [-0.25, -0.2) is 4.79 Å². The van der Waals surface area contributed by atoms with Crippen molar-refractivity contribution in [2.24, 2.45) is 17.8 Å². The number of fused-ring (bicyclic) bond motifs is 2. The molecule has 3 aliphatic rings. The van der Waals surface area contributed by atoms with E-state index in [0.29, 0.717) is 30.8 Å². The number of methoxy groups -OCH3 is 2. The Hall–Kier alpha value is -4.15. The zero-order valence-corrected chi connectivity index (χ0v) is 23.5. The van der Waals surface area contributed by atoms with Crippen LogP contribution in [0.15, 0.2) is 42.5 Å². The second-order valence-corrected chi connectivity index (χ2v) is 11.0. The third kappa shape index (κ3) is 5.98. The van der Waals surface area contributed by atoms with Crippen LogP contribution < -0.4 is 19.5 Å². The van der Waals surface area contributed by atoms with Gasteiger partial charge in [0.1, 0.15) is 17.4 Å². The fourth-order valence-electron chi connectivity index (χ4n) is 5.83. The number of carbonyl (C=O) groups excluding carboxylic acids is 2. The van der Waals surface area contributed by atoms with E-state index in [4.69, 9.17) is 14.2 Å². The Bertz CT molecular complexity index is 1330. The maximum atomic E-state index is 13.6. The Morgan fingerprint density at radius 2 is 1.83 bits per heavy atom. The van der Waals surface area contributed by atoms with Crippen LogP contribution in [-0.4, -0.2) is 77.2 Å². The van der Waals surface area contributed by atoms with E-state index in [2.05, 4.69) is 15.3 Å². The van der Waals surface area contributed by atoms with Crippen LogP contribution in [0.1, 0.15) is 38.5 Å². The summed E-state index contributed by atoms with van der Waals surface area (Å²) in [6, 6.07) is 9.18. The molecule has 5 atom stereocenters. The minimum atomic E-state index is -1.33. The van der Waals surface area contributed by atoms with Crippen molar-refractivity contribution in [3.8, 4) is 28.9 Å². The number of carbonyl (C=O) groups is 3. The Balaban J connectivity index is 1.39. The molecule has 1 aromatic carbocycles. The number of hydrogen-bond acceptors (Lipinski definition) is 8. The van der Waals surface area contributed by atoms with Crippen molar-refractivity contribution in [1.82, 2.24) is 20.2 Å². The Kier molecular flexibility index (Phi) is 8.14. The molecule has 1 aliphatic heterocycles. The molecule has 2 saturated carbocycles. The van der Waals surface area contributed by atoms with E-state index in [1.54, 1.807) is 25.1 Å². The average Bonchev–Trinajstić information content (AvgIpc) is 3.51. The predicted molar refractivity (Wildman–Crippen MR) is 148 cm³/mol. The highest BCUT2D eigenvalue weighted by molar-refractivity contribution is 5.94. The predicted octanol–water partition coefficient (Wildman–Crippen LogP) is 3.09. The van der Waals surface area contributed by atoms with Crippen molar-refractivity contribution in [3.63, 3.8) is 0 Å².